The average molecular weight is 375 g/mol. The quantitative estimate of drug-likeness (QED) is 0.570. The molecule has 1 aromatic heterocycles. The van der Waals surface area contributed by atoms with Gasteiger partial charge >= 0.3 is 5.63 Å². The Hall–Kier alpha value is -1.97. The summed E-state index contributed by atoms with van der Waals surface area (Å²) in [4.78, 5) is 12.2. The number of aryl methyl sites for hydroxylation is 2. The fourth-order valence-electron chi connectivity index (χ4n) is 3.44. The molecule has 2 aromatic carbocycles. The summed E-state index contributed by atoms with van der Waals surface area (Å²) in [6.07, 6.45) is 2.73. The van der Waals surface area contributed by atoms with E-state index in [0.29, 0.717) is 21.4 Å². The van der Waals surface area contributed by atoms with Crippen LogP contribution in [0.2, 0.25) is 10.0 Å². The van der Waals surface area contributed by atoms with Crippen LogP contribution in [0.5, 0.6) is 5.75 Å². The standard InChI is InChI=1S/C20H16Cl2O3/c1-11-18(24-10-15-16(21)6-3-7-17(15)22)9-8-13-12-4-2-5-14(12)20(23)25-19(11)13/h3,6-9H,2,4-5,10H2,1H3. The van der Waals surface area contributed by atoms with Crippen molar-refractivity contribution in [1.82, 2.24) is 0 Å². The van der Waals surface area contributed by atoms with Crippen molar-refractivity contribution >= 4 is 34.2 Å². The molecule has 1 heterocycles. The number of rotatable bonds is 3. The highest BCUT2D eigenvalue weighted by Gasteiger charge is 2.21. The van der Waals surface area contributed by atoms with Crippen molar-refractivity contribution < 1.29 is 9.15 Å². The largest absolute Gasteiger partial charge is 0.488 e. The molecule has 0 aliphatic heterocycles. The maximum Gasteiger partial charge on any atom is 0.339 e. The molecule has 0 unspecified atom stereocenters. The van der Waals surface area contributed by atoms with E-state index in [1.165, 1.54) is 0 Å². The van der Waals surface area contributed by atoms with E-state index in [4.69, 9.17) is 32.4 Å². The molecule has 0 saturated heterocycles. The third-order valence-electron chi connectivity index (χ3n) is 4.77. The zero-order valence-electron chi connectivity index (χ0n) is 13.7. The highest BCUT2D eigenvalue weighted by atomic mass is 35.5. The molecule has 0 radical (unpaired) electrons. The molecule has 4 rings (SSSR count). The van der Waals surface area contributed by atoms with Crippen LogP contribution in [0.4, 0.5) is 0 Å². The SMILES string of the molecule is Cc1c(OCc2c(Cl)cccc2Cl)ccc2c3c(c(=O)oc12)CCC3. The summed E-state index contributed by atoms with van der Waals surface area (Å²) in [7, 11) is 0. The molecule has 0 N–H and O–H groups in total. The molecule has 0 saturated carbocycles. The van der Waals surface area contributed by atoms with E-state index in [0.717, 1.165) is 46.9 Å². The van der Waals surface area contributed by atoms with Gasteiger partial charge in [0.2, 0.25) is 0 Å². The second-order valence-electron chi connectivity index (χ2n) is 6.25. The van der Waals surface area contributed by atoms with Gasteiger partial charge in [0.1, 0.15) is 17.9 Å². The van der Waals surface area contributed by atoms with E-state index in [9.17, 15) is 4.79 Å². The maximum absolute atomic E-state index is 12.2. The smallest absolute Gasteiger partial charge is 0.339 e. The van der Waals surface area contributed by atoms with Gasteiger partial charge in [-0.3, -0.25) is 0 Å². The Kier molecular flexibility index (Phi) is 4.22. The van der Waals surface area contributed by atoms with E-state index in [-0.39, 0.29) is 12.2 Å². The van der Waals surface area contributed by atoms with Crippen LogP contribution in [0.3, 0.4) is 0 Å². The summed E-state index contributed by atoms with van der Waals surface area (Å²) in [5, 5.41) is 2.14. The lowest BCUT2D eigenvalue weighted by Crippen LogP contribution is -2.08. The monoisotopic (exact) mass is 374 g/mol. The van der Waals surface area contributed by atoms with E-state index in [1.807, 2.05) is 19.1 Å². The fraction of sp³-hybridized carbons (Fsp3) is 0.250. The van der Waals surface area contributed by atoms with Gasteiger partial charge in [-0.15, -0.1) is 0 Å². The van der Waals surface area contributed by atoms with Crippen LogP contribution < -0.4 is 10.4 Å². The molecule has 0 amide bonds. The molecule has 1 aliphatic rings. The number of fused-ring (bicyclic) bond motifs is 3. The molecule has 0 atom stereocenters. The minimum Gasteiger partial charge on any atom is -0.488 e. The molecule has 1 aliphatic carbocycles. The zero-order chi connectivity index (χ0) is 17.6. The van der Waals surface area contributed by atoms with Gasteiger partial charge in [-0.1, -0.05) is 29.3 Å². The van der Waals surface area contributed by atoms with Crippen LogP contribution in [0.1, 0.15) is 28.7 Å². The minimum atomic E-state index is -0.227. The van der Waals surface area contributed by atoms with Crippen molar-refractivity contribution in [1.29, 1.82) is 0 Å². The lowest BCUT2D eigenvalue weighted by atomic mass is 10.0. The Morgan fingerprint density at radius 3 is 2.56 bits per heavy atom. The van der Waals surface area contributed by atoms with E-state index in [2.05, 4.69) is 0 Å². The first kappa shape index (κ1) is 16.5. The van der Waals surface area contributed by atoms with Gasteiger partial charge in [-0.25, -0.2) is 4.79 Å². The van der Waals surface area contributed by atoms with E-state index < -0.39 is 0 Å². The Bertz CT molecular complexity index is 1020. The Balaban J connectivity index is 1.73. The van der Waals surface area contributed by atoms with Gasteiger partial charge in [0.25, 0.3) is 0 Å². The average Bonchev–Trinajstić information content (AvgIpc) is 3.07. The van der Waals surface area contributed by atoms with Crippen molar-refractivity contribution in [3.05, 3.63) is 73.1 Å². The number of halogens is 2. The molecule has 3 aromatic rings. The van der Waals surface area contributed by atoms with Crippen molar-refractivity contribution in [2.45, 2.75) is 32.8 Å². The second kappa shape index (κ2) is 6.40. The first-order valence-corrected chi connectivity index (χ1v) is 8.95. The molecular weight excluding hydrogens is 359 g/mol. The van der Waals surface area contributed by atoms with Crippen LogP contribution >= 0.6 is 23.2 Å². The minimum absolute atomic E-state index is 0.227. The number of benzene rings is 2. The Morgan fingerprint density at radius 2 is 1.80 bits per heavy atom. The third-order valence-corrected chi connectivity index (χ3v) is 5.48. The van der Waals surface area contributed by atoms with Gasteiger partial charge in [0.15, 0.2) is 0 Å². The van der Waals surface area contributed by atoms with Crippen LogP contribution in [0.15, 0.2) is 39.5 Å². The zero-order valence-corrected chi connectivity index (χ0v) is 15.2. The summed E-state index contributed by atoms with van der Waals surface area (Å²) in [6.45, 7) is 2.15. The Labute approximate surface area is 155 Å². The highest BCUT2D eigenvalue weighted by Crippen LogP contribution is 2.34. The molecule has 25 heavy (non-hydrogen) atoms. The molecular formula is C20H16Cl2O3. The molecule has 5 heteroatoms. The third kappa shape index (κ3) is 2.82. The summed E-state index contributed by atoms with van der Waals surface area (Å²) in [5.74, 6) is 0.657. The summed E-state index contributed by atoms with van der Waals surface area (Å²) in [5.41, 5.74) is 3.87. The molecule has 3 nitrogen and oxygen atoms in total. The number of hydrogen-bond acceptors (Lipinski definition) is 3. The Morgan fingerprint density at radius 1 is 1.08 bits per heavy atom. The summed E-state index contributed by atoms with van der Waals surface area (Å²) >= 11 is 12.4. The van der Waals surface area contributed by atoms with Crippen molar-refractivity contribution in [3.8, 4) is 5.75 Å². The van der Waals surface area contributed by atoms with Crippen LogP contribution in [0, 0.1) is 6.92 Å². The first-order valence-electron chi connectivity index (χ1n) is 8.20. The van der Waals surface area contributed by atoms with Crippen LogP contribution in [-0.4, -0.2) is 0 Å². The van der Waals surface area contributed by atoms with E-state index in [1.54, 1.807) is 18.2 Å². The van der Waals surface area contributed by atoms with Gasteiger partial charge in [0, 0.05) is 32.1 Å². The lowest BCUT2D eigenvalue weighted by molar-refractivity contribution is 0.304. The van der Waals surface area contributed by atoms with Crippen LogP contribution in [-0.2, 0) is 19.4 Å². The first-order chi connectivity index (χ1) is 12.1. The highest BCUT2D eigenvalue weighted by molar-refractivity contribution is 6.35. The second-order valence-corrected chi connectivity index (χ2v) is 7.07. The number of ether oxygens (including phenoxy) is 1. The van der Waals surface area contributed by atoms with Crippen molar-refractivity contribution in [2.75, 3.05) is 0 Å². The van der Waals surface area contributed by atoms with E-state index >= 15 is 0 Å². The fourth-order valence-corrected chi connectivity index (χ4v) is 3.95. The molecule has 128 valence electrons. The summed E-state index contributed by atoms with van der Waals surface area (Å²) in [6, 6.07) is 9.24. The topological polar surface area (TPSA) is 39.4 Å². The lowest BCUT2D eigenvalue weighted by Gasteiger charge is -2.13. The maximum atomic E-state index is 12.2. The predicted octanol–water partition coefficient (Wildman–Crippen LogP) is 5.48. The van der Waals surface area contributed by atoms with Gasteiger partial charge < -0.3 is 9.15 Å². The molecule has 0 fully saturated rings. The van der Waals surface area contributed by atoms with Gasteiger partial charge in [-0.2, -0.15) is 0 Å². The summed E-state index contributed by atoms with van der Waals surface area (Å²) < 4.78 is 11.5. The van der Waals surface area contributed by atoms with Crippen molar-refractivity contribution in [2.24, 2.45) is 0 Å². The number of hydrogen-bond donors (Lipinski definition) is 0. The normalized spacial score (nSPS) is 13.2. The predicted molar refractivity (Wildman–Crippen MR) is 100 cm³/mol. The van der Waals surface area contributed by atoms with Crippen molar-refractivity contribution in [3.63, 3.8) is 0 Å². The van der Waals surface area contributed by atoms with Gasteiger partial charge in [0.05, 0.1) is 0 Å². The van der Waals surface area contributed by atoms with Crippen LogP contribution in [0.25, 0.3) is 11.0 Å². The van der Waals surface area contributed by atoms with Gasteiger partial charge in [-0.05, 0) is 56.0 Å². The molecule has 0 spiro atoms. The molecule has 0 bridgehead atoms.